The highest BCUT2D eigenvalue weighted by molar-refractivity contribution is 6.30. The third kappa shape index (κ3) is 2.32. The van der Waals surface area contributed by atoms with Gasteiger partial charge in [-0.1, -0.05) is 11.6 Å². The van der Waals surface area contributed by atoms with Crippen molar-refractivity contribution >= 4 is 23.2 Å². The van der Waals surface area contributed by atoms with Crippen LogP contribution < -0.4 is 10.2 Å². The molecule has 1 fully saturated rings. The van der Waals surface area contributed by atoms with Crippen molar-refractivity contribution in [2.75, 3.05) is 11.4 Å². The molecule has 2 rings (SSSR count). The van der Waals surface area contributed by atoms with Crippen LogP contribution in [0.3, 0.4) is 0 Å². The Labute approximate surface area is 113 Å². The van der Waals surface area contributed by atoms with Crippen molar-refractivity contribution in [1.29, 1.82) is 0 Å². The average molecular weight is 267 g/mol. The van der Waals surface area contributed by atoms with E-state index < -0.39 is 5.54 Å². The van der Waals surface area contributed by atoms with Gasteiger partial charge in [0.1, 0.15) is 5.54 Å². The minimum absolute atomic E-state index is 0.0497. The van der Waals surface area contributed by atoms with E-state index in [1.54, 1.807) is 0 Å². The smallest absolute Gasteiger partial charge is 0.245 e. The molecule has 1 aliphatic heterocycles. The number of piperazine rings is 1. The molecule has 0 aliphatic carbocycles. The molecule has 0 bridgehead atoms. The number of halogens is 1. The first-order valence-electron chi connectivity index (χ1n) is 6.08. The van der Waals surface area contributed by atoms with Crippen LogP contribution in [0.1, 0.15) is 27.7 Å². The van der Waals surface area contributed by atoms with E-state index in [2.05, 4.69) is 10.2 Å². The van der Waals surface area contributed by atoms with E-state index in [0.29, 0.717) is 5.02 Å². The summed E-state index contributed by atoms with van der Waals surface area (Å²) in [6, 6.07) is 7.62. The Hall–Kier alpha value is -1.22. The lowest BCUT2D eigenvalue weighted by Crippen LogP contribution is -2.69. The average Bonchev–Trinajstić information content (AvgIpc) is 2.25. The summed E-state index contributed by atoms with van der Waals surface area (Å²) in [4.78, 5) is 14.3. The zero-order valence-electron chi connectivity index (χ0n) is 11.2. The Morgan fingerprint density at radius 1 is 1.17 bits per heavy atom. The van der Waals surface area contributed by atoms with Crippen molar-refractivity contribution in [3.63, 3.8) is 0 Å². The lowest BCUT2D eigenvalue weighted by Gasteiger charge is -2.49. The highest BCUT2D eigenvalue weighted by Gasteiger charge is 2.44. The van der Waals surface area contributed by atoms with E-state index >= 15 is 0 Å². The SMILES string of the molecule is CC1(C)CN(c2ccc(Cl)cc2)C(C)(C)C(=O)N1. The number of carbonyl (C=O) groups is 1. The summed E-state index contributed by atoms with van der Waals surface area (Å²) in [5.74, 6) is 0.0497. The van der Waals surface area contributed by atoms with Gasteiger partial charge in [0, 0.05) is 17.3 Å². The van der Waals surface area contributed by atoms with Gasteiger partial charge in [-0.2, -0.15) is 0 Å². The number of carbonyl (C=O) groups excluding carboxylic acids is 1. The lowest BCUT2D eigenvalue weighted by molar-refractivity contribution is -0.128. The van der Waals surface area contributed by atoms with Gasteiger partial charge in [0.25, 0.3) is 0 Å². The molecule has 1 aromatic carbocycles. The van der Waals surface area contributed by atoms with E-state index in [1.807, 2.05) is 52.0 Å². The van der Waals surface area contributed by atoms with E-state index in [1.165, 1.54) is 0 Å². The number of rotatable bonds is 1. The zero-order valence-corrected chi connectivity index (χ0v) is 12.0. The molecule has 0 aromatic heterocycles. The summed E-state index contributed by atoms with van der Waals surface area (Å²) in [6.07, 6.45) is 0. The van der Waals surface area contributed by atoms with Crippen molar-refractivity contribution < 1.29 is 4.79 Å². The predicted octanol–water partition coefficient (Wildman–Crippen LogP) is 2.83. The highest BCUT2D eigenvalue weighted by atomic mass is 35.5. The Morgan fingerprint density at radius 3 is 2.28 bits per heavy atom. The molecule has 0 radical (unpaired) electrons. The maximum atomic E-state index is 12.2. The number of nitrogens with one attached hydrogen (secondary N) is 1. The maximum absolute atomic E-state index is 12.2. The molecular formula is C14H19ClN2O. The van der Waals surface area contributed by atoms with Crippen LogP contribution in [0.15, 0.2) is 24.3 Å². The van der Waals surface area contributed by atoms with Crippen molar-refractivity contribution in [3.05, 3.63) is 29.3 Å². The standard InChI is InChI=1S/C14H19ClN2O/c1-13(2)9-17(14(3,4)12(18)16-13)11-7-5-10(15)6-8-11/h5-8H,9H2,1-4H3,(H,16,18). The van der Waals surface area contributed by atoms with Crippen LogP contribution in [-0.2, 0) is 4.79 Å². The molecule has 1 amide bonds. The van der Waals surface area contributed by atoms with E-state index in [0.717, 1.165) is 12.2 Å². The number of nitrogens with zero attached hydrogens (tertiary/aromatic N) is 1. The van der Waals surface area contributed by atoms with Crippen LogP contribution in [0.25, 0.3) is 0 Å². The van der Waals surface area contributed by atoms with Gasteiger partial charge in [0.2, 0.25) is 5.91 Å². The van der Waals surface area contributed by atoms with Crippen LogP contribution in [0.5, 0.6) is 0 Å². The van der Waals surface area contributed by atoms with Crippen LogP contribution in [0, 0.1) is 0 Å². The van der Waals surface area contributed by atoms with Crippen molar-refractivity contribution in [2.45, 2.75) is 38.8 Å². The van der Waals surface area contributed by atoms with Crippen LogP contribution in [0.2, 0.25) is 5.02 Å². The molecule has 0 atom stereocenters. The fourth-order valence-corrected chi connectivity index (χ4v) is 2.38. The van der Waals surface area contributed by atoms with E-state index in [9.17, 15) is 4.79 Å². The first-order valence-corrected chi connectivity index (χ1v) is 6.46. The fraction of sp³-hybridized carbons (Fsp3) is 0.500. The Morgan fingerprint density at radius 2 is 1.72 bits per heavy atom. The summed E-state index contributed by atoms with van der Waals surface area (Å²) < 4.78 is 0. The molecule has 98 valence electrons. The second kappa shape index (κ2) is 4.16. The van der Waals surface area contributed by atoms with Gasteiger partial charge in [-0.25, -0.2) is 0 Å². The Balaban J connectivity index is 2.40. The number of hydrogen-bond donors (Lipinski definition) is 1. The molecule has 1 N–H and O–H groups in total. The molecule has 1 saturated heterocycles. The molecule has 1 aliphatic rings. The summed E-state index contributed by atoms with van der Waals surface area (Å²) in [5.41, 5.74) is 0.239. The predicted molar refractivity (Wildman–Crippen MR) is 75.1 cm³/mol. The molecule has 18 heavy (non-hydrogen) atoms. The molecular weight excluding hydrogens is 248 g/mol. The van der Waals surface area contributed by atoms with E-state index in [4.69, 9.17) is 11.6 Å². The number of benzene rings is 1. The van der Waals surface area contributed by atoms with Crippen molar-refractivity contribution in [2.24, 2.45) is 0 Å². The van der Waals surface area contributed by atoms with Crippen LogP contribution >= 0.6 is 11.6 Å². The van der Waals surface area contributed by atoms with Gasteiger partial charge < -0.3 is 10.2 Å². The third-order valence-electron chi connectivity index (χ3n) is 3.37. The topological polar surface area (TPSA) is 32.3 Å². The summed E-state index contributed by atoms with van der Waals surface area (Å²) in [6.45, 7) is 8.71. The maximum Gasteiger partial charge on any atom is 0.245 e. The summed E-state index contributed by atoms with van der Waals surface area (Å²) in [5, 5.41) is 3.76. The summed E-state index contributed by atoms with van der Waals surface area (Å²) >= 11 is 5.91. The first-order chi connectivity index (χ1) is 8.22. The lowest BCUT2D eigenvalue weighted by atomic mass is 9.90. The minimum Gasteiger partial charge on any atom is -0.355 e. The molecule has 1 aromatic rings. The second-order valence-electron chi connectivity index (χ2n) is 5.96. The van der Waals surface area contributed by atoms with Crippen molar-refractivity contribution in [3.8, 4) is 0 Å². The fourth-order valence-electron chi connectivity index (χ4n) is 2.25. The van der Waals surface area contributed by atoms with Gasteiger partial charge >= 0.3 is 0 Å². The number of hydrogen-bond acceptors (Lipinski definition) is 2. The van der Waals surface area contributed by atoms with Gasteiger partial charge in [0.05, 0.1) is 5.54 Å². The molecule has 1 heterocycles. The largest absolute Gasteiger partial charge is 0.355 e. The quantitative estimate of drug-likeness (QED) is 0.848. The van der Waals surface area contributed by atoms with Crippen LogP contribution in [0.4, 0.5) is 5.69 Å². The van der Waals surface area contributed by atoms with Gasteiger partial charge in [-0.15, -0.1) is 0 Å². The van der Waals surface area contributed by atoms with Crippen LogP contribution in [-0.4, -0.2) is 23.5 Å². The monoisotopic (exact) mass is 266 g/mol. The third-order valence-corrected chi connectivity index (χ3v) is 3.63. The zero-order chi connectivity index (χ0) is 13.6. The van der Waals surface area contributed by atoms with Gasteiger partial charge in [-0.3, -0.25) is 4.79 Å². The summed E-state index contributed by atoms with van der Waals surface area (Å²) in [7, 11) is 0. The number of anilines is 1. The molecule has 0 saturated carbocycles. The van der Waals surface area contributed by atoms with E-state index in [-0.39, 0.29) is 11.4 Å². The Kier molecular flexibility index (Phi) is 3.06. The van der Waals surface area contributed by atoms with Crippen molar-refractivity contribution in [1.82, 2.24) is 5.32 Å². The highest BCUT2D eigenvalue weighted by Crippen LogP contribution is 2.31. The second-order valence-corrected chi connectivity index (χ2v) is 6.40. The minimum atomic E-state index is -0.552. The molecule has 3 nitrogen and oxygen atoms in total. The molecule has 0 unspecified atom stereocenters. The number of amides is 1. The Bertz CT molecular complexity index is 465. The molecule has 0 spiro atoms. The van der Waals surface area contributed by atoms with Gasteiger partial charge in [-0.05, 0) is 52.0 Å². The first kappa shape index (κ1) is 13.2. The van der Waals surface area contributed by atoms with Gasteiger partial charge in [0.15, 0.2) is 0 Å². The molecule has 4 heteroatoms. The normalized spacial score (nSPS) is 21.6.